The zero-order chi connectivity index (χ0) is 35.1. The van der Waals surface area contributed by atoms with Crippen LogP contribution >= 0.6 is 23.2 Å². The van der Waals surface area contributed by atoms with Crippen molar-refractivity contribution >= 4 is 66.8 Å². The summed E-state index contributed by atoms with van der Waals surface area (Å²) in [5.41, 5.74) is 19.0. The van der Waals surface area contributed by atoms with Crippen molar-refractivity contribution in [1.29, 1.82) is 0 Å². The Bertz CT molecular complexity index is 2510. The van der Waals surface area contributed by atoms with E-state index in [0.29, 0.717) is 12.6 Å². The van der Waals surface area contributed by atoms with E-state index in [1.54, 1.807) is 0 Å². The minimum Gasteiger partial charge on any atom is -0.353 e. The Kier molecular flexibility index (Phi) is 9.26. The molecule has 0 amide bonds. The van der Waals surface area contributed by atoms with E-state index in [-0.39, 0.29) is 0 Å². The Balaban J connectivity index is 0.000000150. The van der Waals surface area contributed by atoms with Crippen molar-refractivity contribution < 1.29 is 0 Å². The van der Waals surface area contributed by atoms with Gasteiger partial charge in [0.15, 0.2) is 0 Å². The van der Waals surface area contributed by atoms with Gasteiger partial charge < -0.3 is 21.0 Å². The van der Waals surface area contributed by atoms with E-state index in [2.05, 4.69) is 79.9 Å². The van der Waals surface area contributed by atoms with E-state index in [1.165, 1.54) is 42.2 Å². The van der Waals surface area contributed by atoms with Gasteiger partial charge in [-0.1, -0.05) is 84.6 Å². The van der Waals surface area contributed by atoms with Gasteiger partial charge in [0.05, 0.1) is 33.5 Å². The SMILES string of the molecule is Cc1nccc2c1[nH]c1c(-c3ccc(CN)cc3)cc(Cl)cc12.Cc1nccc2c1[nH]c1c(-c3ccc(CNC4CCCC4)cc3)cc(Cl)cc12. The molecule has 4 aromatic heterocycles. The number of benzene rings is 4. The van der Waals surface area contributed by atoms with Gasteiger partial charge in [0.25, 0.3) is 0 Å². The molecule has 8 aromatic rings. The lowest BCUT2D eigenvalue weighted by Crippen LogP contribution is -2.25. The highest BCUT2D eigenvalue weighted by Gasteiger charge is 2.16. The van der Waals surface area contributed by atoms with Gasteiger partial charge in [-0.15, -0.1) is 0 Å². The van der Waals surface area contributed by atoms with Crippen molar-refractivity contribution in [1.82, 2.24) is 25.3 Å². The lowest BCUT2D eigenvalue weighted by Gasteiger charge is -2.12. The summed E-state index contributed by atoms with van der Waals surface area (Å²) < 4.78 is 0. The largest absolute Gasteiger partial charge is 0.353 e. The third-order valence-corrected chi connectivity index (χ3v) is 10.7. The van der Waals surface area contributed by atoms with Gasteiger partial charge in [0.2, 0.25) is 0 Å². The molecular formula is C43H40Cl2N6. The molecule has 0 atom stereocenters. The number of aryl methyl sites for hydroxylation is 2. The molecule has 0 spiro atoms. The maximum Gasteiger partial charge on any atom is 0.0681 e. The van der Waals surface area contributed by atoms with Crippen molar-refractivity contribution in [3.63, 3.8) is 0 Å². The van der Waals surface area contributed by atoms with Crippen LogP contribution in [0.1, 0.15) is 48.2 Å². The van der Waals surface area contributed by atoms with Crippen LogP contribution in [0.3, 0.4) is 0 Å². The summed E-state index contributed by atoms with van der Waals surface area (Å²) in [4.78, 5) is 15.9. The third kappa shape index (κ3) is 6.61. The van der Waals surface area contributed by atoms with Crippen molar-refractivity contribution in [3.8, 4) is 22.3 Å². The molecule has 4 aromatic carbocycles. The number of H-pyrrole nitrogens is 2. The molecule has 0 saturated heterocycles. The topological polar surface area (TPSA) is 95.4 Å². The fourth-order valence-corrected chi connectivity index (χ4v) is 7.96. The molecule has 0 aliphatic heterocycles. The summed E-state index contributed by atoms with van der Waals surface area (Å²) in [6.45, 7) is 5.52. The van der Waals surface area contributed by atoms with Gasteiger partial charge >= 0.3 is 0 Å². The molecule has 1 saturated carbocycles. The van der Waals surface area contributed by atoms with Gasteiger partial charge in [0, 0.05) is 74.2 Å². The first-order valence-electron chi connectivity index (χ1n) is 17.6. The maximum absolute atomic E-state index is 6.48. The molecule has 8 heteroatoms. The zero-order valence-corrected chi connectivity index (χ0v) is 30.3. The molecule has 1 aliphatic rings. The Labute approximate surface area is 307 Å². The van der Waals surface area contributed by atoms with Crippen molar-refractivity contribution in [2.45, 2.75) is 58.7 Å². The molecule has 0 radical (unpaired) electrons. The molecule has 9 rings (SSSR count). The van der Waals surface area contributed by atoms with Crippen molar-refractivity contribution in [2.75, 3.05) is 0 Å². The summed E-state index contributed by atoms with van der Waals surface area (Å²) >= 11 is 12.9. The summed E-state index contributed by atoms with van der Waals surface area (Å²) in [6, 6.07) is 30.0. The molecule has 0 unspecified atom stereocenters. The number of aromatic nitrogens is 4. The van der Waals surface area contributed by atoms with Crippen LogP contribution in [0.4, 0.5) is 0 Å². The third-order valence-electron chi connectivity index (χ3n) is 10.3. The number of rotatable bonds is 6. The van der Waals surface area contributed by atoms with Crippen LogP contribution in [0.25, 0.3) is 65.9 Å². The number of nitrogens with two attached hydrogens (primary N) is 1. The van der Waals surface area contributed by atoms with E-state index in [0.717, 1.165) is 88.5 Å². The number of halogens is 2. The quantitative estimate of drug-likeness (QED) is 0.138. The number of nitrogens with zero attached hydrogens (tertiary/aromatic N) is 2. The molecule has 1 aliphatic carbocycles. The monoisotopic (exact) mass is 710 g/mol. The molecule has 256 valence electrons. The summed E-state index contributed by atoms with van der Waals surface area (Å²) in [6.07, 6.45) is 9.04. The lowest BCUT2D eigenvalue weighted by atomic mass is 10.0. The van der Waals surface area contributed by atoms with Crippen LogP contribution in [0, 0.1) is 13.8 Å². The van der Waals surface area contributed by atoms with Crippen LogP contribution < -0.4 is 11.1 Å². The summed E-state index contributed by atoms with van der Waals surface area (Å²) in [5.74, 6) is 0. The van der Waals surface area contributed by atoms with Crippen LogP contribution in [-0.2, 0) is 13.1 Å². The average Bonchev–Trinajstić information content (AvgIpc) is 3.90. The van der Waals surface area contributed by atoms with E-state index in [4.69, 9.17) is 28.9 Å². The molecular weight excluding hydrogens is 671 g/mol. The van der Waals surface area contributed by atoms with E-state index in [9.17, 15) is 0 Å². The van der Waals surface area contributed by atoms with Crippen molar-refractivity contribution in [2.24, 2.45) is 5.73 Å². The van der Waals surface area contributed by atoms with Crippen LogP contribution in [-0.4, -0.2) is 26.0 Å². The second-order valence-corrected chi connectivity index (χ2v) is 14.5. The first-order chi connectivity index (χ1) is 24.9. The van der Waals surface area contributed by atoms with Gasteiger partial charge in [0.1, 0.15) is 0 Å². The second kappa shape index (κ2) is 14.1. The summed E-state index contributed by atoms with van der Waals surface area (Å²) in [7, 11) is 0. The number of pyridine rings is 2. The number of hydrogen-bond acceptors (Lipinski definition) is 4. The number of hydrogen-bond donors (Lipinski definition) is 4. The van der Waals surface area contributed by atoms with Gasteiger partial charge in [-0.05, 0) is 85.3 Å². The predicted octanol–water partition coefficient (Wildman–Crippen LogP) is 11.2. The Morgan fingerprint density at radius 2 is 1.10 bits per heavy atom. The van der Waals surface area contributed by atoms with Crippen molar-refractivity contribution in [3.05, 3.63) is 130 Å². The zero-order valence-electron chi connectivity index (χ0n) is 28.8. The Morgan fingerprint density at radius 3 is 1.57 bits per heavy atom. The second-order valence-electron chi connectivity index (χ2n) is 13.6. The number of aromatic amines is 2. The van der Waals surface area contributed by atoms with Gasteiger partial charge in [-0.3, -0.25) is 9.97 Å². The molecule has 51 heavy (non-hydrogen) atoms. The predicted molar refractivity (Wildman–Crippen MR) is 215 cm³/mol. The Hall–Kier alpha value is -4.72. The minimum atomic E-state index is 0.544. The molecule has 1 fully saturated rings. The molecule has 4 heterocycles. The number of nitrogens with one attached hydrogen (secondary N) is 3. The fourth-order valence-electron chi connectivity index (χ4n) is 7.53. The maximum atomic E-state index is 6.48. The molecule has 0 bridgehead atoms. The lowest BCUT2D eigenvalue weighted by molar-refractivity contribution is 0.524. The normalized spacial score (nSPS) is 13.4. The van der Waals surface area contributed by atoms with E-state index < -0.39 is 0 Å². The average molecular weight is 712 g/mol. The van der Waals surface area contributed by atoms with Crippen LogP contribution in [0.5, 0.6) is 0 Å². The first-order valence-corrected chi connectivity index (χ1v) is 18.4. The van der Waals surface area contributed by atoms with E-state index in [1.807, 2.05) is 56.6 Å². The van der Waals surface area contributed by atoms with Gasteiger partial charge in [-0.2, -0.15) is 0 Å². The summed E-state index contributed by atoms with van der Waals surface area (Å²) in [5, 5.41) is 9.75. The highest BCUT2D eigenvalue weighted by molar-refractivity contribution is 6.33. The standard InChI is InChI=1S/C24H24ClN3.C19H16ClN3/c1-15-23-20(10-11-26-15)22-13-18(25)12-21(24(22)28-23)17-8-6-16(7-9-17)14-27-19-4-2-3-5-19;1-11-18-15(6-7-22-11)17-9-14(20)8-16(19(17)23-18)13-4-2-12(10-21)3-5-13/h6-13,19,27-28H,2-5,14H2,1H3;2-9,23H,10,21H2,1H3. The molecule has 5 N–H and O–H groups in total. The van der Waals surface area contributed by atoms with Crippen LogP contribution in [0.15, 0.2) is 97.3 Å². The molecule has 6 nitrogen and oxygen atoms in total. The van der Waals surface area contributed by atoms with Gasteiger partial charge in [-0.25, -0.2) is 0 Å². The Morgan fingerprint density at radius 1 is 0.627 bits per heavy atom. The number of fused-ring (bicyclic) bond motifs is 6. The smallest absolute Gasteiger partial charge is 0.0681 e. The minimum absolute atomic E-state index is 0.544. The fraction of sp³-hybridized carbons (Fsp3) is 0.209. The highest BCUT2D eigenvalue weighted by atomic mass is 35.5. The first kappa shape index (κ1) is 33.4. The van der Waals surface area contributed by atoms with Crippen LogP contribution in [0.2, 0.25) is 10.0 Å². The van der Waals surface area contributed by atoms with E-state index >= 15 is 0 Å². The highest BCUT2D eigenvalue weighted by Crippen LogP contribution is 2.38.